The normalized spacial score (nSPS) is 12.4. The summed E-state index contributed by atoms with van der Waals surface area (Å²) in [6.07, 6.45) is 0. The highest BCUT2D eigenvalue weighted by molar-refractivity contribution is 5.48. The lowest BCUT2D eigenvalue weighted by atomic mass is 10.0. The number of aromatic hydroxyl groups is 1. The molecule has 1 unspecified atom stereocenters. The van der Waals surface area contributed by atoms with Crippen LogP contribution in [-0.4, -0.2) is 16.6 Å². The van der Waals surface area contributed by atoms with Gasteiger partial charge >= 0.3 is 5.69 Å². The van der Waals surface area contributed by atoms with Crippen molar-refractivity contribution < 1.29 is 10.0 Å². The molecule has 5 heteroatoms. The van der Waals surface area contributed by atoms with Crippen LogP contribution in [0, 0.1) is 10.1 Å². The number of phenols is 1. The van der Waals surface area contributed by atoms with Gasteiger partial charge in [0, 0.05) is 6.07 Å². The maximum absolute atomic E-state index is 10.5. The summed E-state index contributed by atoms with van der Waals surface area (Å²) in [6.45, 7) is 2.29. The molecule has 1 aromatic carbocycles. The maximum Gasteiger partial charge on any atom is 0.310 e. The number of rotatable bonds is 3. The number of phenolic OH excluding ortho intramolecular Hbond substituents is 1. The Bertz CT molecular complexity index is 352. The summed E-state index contributed by atoms with van der Waals surface area (Å²) in [5, 5.41) is 19.7. The number of nitrogens with zero attached hydrogens (tertiary/aromatic N) is 1. The molecule has 0 bridgehead atoms. The van der Waals surface area contributed by atoms with Crippen LogP contribution in [0.4, 0.5) is 5.69 Å². The summed E-state index contributed by atoms with van der Waals surface area (Å²) in [5.41, 5.74) is 5.92. The van der Waals surface area contributed by atoms with Crippen molar-refractivity contribution >= 4 is 5.69 Å². The third kappa shape index (κ3) is 2.00. The molecule has 0 aliphatic rings. The van der Waals surface area contributed by atoms with E-state index < -0.39 is 4.92 Å². The second kappa shape index (κ2) is 4.06. The lowest BCUT2D eigenvalue weighted by molar-refractivity contribution is -0.385. The zero-order valence-corrected chi connectivity index (χ0v) is 7.80. The Balaban J connectivity index is 3.12. The number of nitrogens with two attached hydrogens (primary N) is 1. The van der Waals surface area contributed by atoms with E-state index in [0.717, 1.165) is 5.56 Å². The van der Waals surface area contributed by atoms with Crippen LogP contribution in [0.5, 0.6) is 5.75 Å². The molecule has 0 aromatic heterocycles. The van der Waals surface area contributed by atoms with Crippen molar-refractivity contribution in [3.63, 3.8) is 0 Å². The average Bonchev–Trinajstić information content (AvgIpc) is 2.17. The van der Waals surface area contributed by atoms with E-state index in [4.69, 9.17) is 5.73 Å². The molecule has 0 spiro atoms. The number of hydrogen-bond acceptors (Lipinski definition) is 4. The summed E-state index contributed by atoms with van der Waals surface area (Å²) in [7, 11) is 0. The van der Waals surface area contributed by atoms with Gasteiger partial charge in [0.05, 0.1) is 4.92 Å². The van der Waals surface area contributed by atoms with Crippen molar-refractivity contribution in [2.24, 2.45) is 5.73 Å². The molecule has 3 N–H and O–H groups in total. The third-order valence-electron chi connectivity index (χ3n) is 2.12. The van der Waals surface area contributed by atoms with Gasteiger partial charge in [0.2, 0.25) is 0 Å². The molecule has 5 nitrogen and oxygen atoms in total. The van der Waals surface area contributed by atoms with Crippen LogP contribution in [0.25, 0.3) is 0 Å². The van der Waals surface area contributed by atoms with E-state index in [-0.39, 0.29) is 17.4 Å². The standard InChI is InChI=1S/C9H12N2O3/c1-6(5-10)7-2-3-9(12)8(4-7)11(13)14/h2-4,6,12H,5,10H2,1H3. The molecule has 76 valence electrons. The van der Waals surface area contributed by atoms with Gasteiger partial charge in [0.1, 0.15) is 0 Å². The molecule has 0 aliphatic heterocycles. The predicted molar refractivity (Wildman–Crippen MR) is 52.2 cm³/mol. The molecular formula is C9H12N2O3. The minimum absolute atomic E-state index is 0.0503. The Morgan fingerprint density at radius 2 is 2.29 bits per heavy atom. The summed E-state index contributed by atoms with van der Waals surface area (Å²) in [6, 6.07) is 4.31. The molecule has 1 aromatic rings. The van der Waals surface area contributed by atoms with Crippen LogP contribution in [0.2, 0.25) is 0 Å². The Morgan fingerprint density at radius 3 is 2.79 bits per heavy atom. The summed E-state index contributed by atoms with van der Waals surface area (Å²) < 4.78 is 0. The second-order valence-electron chi connectivity index (χ2n) is 3.14. The van der Waals surface area contributed by atoms with Crippen LogP contribution < -0.4 is 5.73 Å². The van der Waals surface area contributed by atoms with Crippen molar-refractivity contribution in [1.82, 2.24) is 0 Å². The Kier molecular flexibility index (Phi) is 3.03. The van der Waals surface area contributed by atoms with Crippen molar-refractivity contribution in [2.75, 3.05) is 6.54 Å². The molecule has 0 heterocycles. The molecule has 14 heavy (non-hydrogen) atoms. The maximum atomic E-state index is 10.5. The van der Waals surface area contributed by atoms with Gasteiger partial charge in [-0.1, -0.05) is 13.0 Å². The van der Waals surface area contributed by atoms with Gasteiger partial charge in [0.15, 0.2) is 5.75 Å². The zero-order valence-electron chi connectivity index (χ0n) is 7.80. The fourth-order valence-electron chi connectivity index (χ4n) is 1.13. The number of nitro groups is 1. The number of benzene rings is 1. The molecular weight excluding hydrogens is 184 g/mol. The van der Waals surface area contributed by atoms with E-state index in [1.807, 2.05) is 6.92 Å². The van der Waals surface area contributed by atoms with Gasteiger partial charge in [-0.2, -0.15) is 0 Å². The third-order valence-corrected chi connectivity index (χ3v) is 2.12. The number of hydrogen-bond donors (Lipinski definition) is 2. The largest absolute Gasteiger partial charge is 0.502 e. The van der Waals surface area contributed by atoms with Crippen molar-refractivity contribution in [1.29, 1.82) is 0 Å². The molecule has 0 saturated heterocycles. The summed E-state index contributed by atoms with van der Waals surface area (Å²) >= 11 is 0. The molecule has 0 fully saturated rings. The Labute approximate surface area is 81.3 Å². The van der Waals surface area contributed by atoms with Crippen molar-refractivity contribution in [3.05, 3.63) is 33.9 Å². The molecule has 0 radical (unpaired) electrons. The smallest absolute Gasteiger partial charge is 0.310 e. The van der Waals surface area contributed by atoms with Gasteiger partial charge < -0.3 is 10.8 Å². The van der Waals surface area contributed by atoms with E-state index in [2.05, 4.69) is 0 Å². The van der Waals surface area contributed by atoms with Crippen LogP contribution >= 0.6 is 0 Å². The van der Waals surface area contributed by atoms with Crippen molar-refractivity contribution in [2.45, 2.75) is 12.8 Å². The quantitative estimate of drug-likeness (QED) is 0.564. The first-order chi connectivity index (χ1) is 6.56. The van der Waals surface area contributed by atoms with Gasteiger partial charge in [-0.05, 0) is 24.1 Å². The monoisotopic (exact) mass is 196 g/mol. The summed E-state index contributed by atoms with van der Waals surface area (Å²) in [4.78, 5) is 9.89. The zero-order chi connectivity index (χ0) is 10.7. The van der Waals surface area contributed by atoms with Crippen LogP contribution in [0.1, 0.15) is 18.4 Å². The van der Waals surface area contributed by atoms with Gasteiger partial charge in [-0.25, -0.2) is 0 Å². The van der Waals surface area contributed by atoms with E-state index in [1.54, 1.807) is 6.07 Å². The van der Waals surface area contributed by atoms with E-state index >= 15 is 0 Å². The van der Waals surface area contributed by atoms with E-state index in [1.165, 1.54) is 12.1 Å². The van der Waals surface area contributed by atoms with Gasteiger partial charge in [-0.15, -0.1) is 0 Å². The summed E-state index contributed by atoms with van der Waals surface area (Å²) in [5.74, 6) is -0.266. The van der Waals surface area contributed by atoms with Gasteiger partial charge in [0.25, 0.3) is 0 Å². The average molecular weight is 196 g/mol. The molecule has 0 amide bonds. The van der Waals surface area contributed by atoms with Crippen LogP contribution in [0.15, 0.2) is 18.2 Å². The first-order valence-corrected chi connectivity index (χ1v) is 4.23. The fourth-order valence-corrected chi connectivity index (χ4v) is 1.13. The Hall–Kier alpha value is -1.62. The van der Waals surface area contributed by atoms with Crippen LogP contribution in [0.3, 0.4) is 0 Å². The second-order valence-corrected chi connectivity index (χ2v) is 3.14. The number of nitro benzene ring substituents is 1. The van der Waals surface area contributed by atoms with Crippen molar-refractivity contribution in [3.8, 4) is 5.75 Å². The fraction of sp³-hybridized carbons (Fsp3) is 0.333. The highest BCUT2D eigenvalue weighted by Gasteiger charge is 2.15. The minimum Gasteiger partial charge on any atom is -0.502 e. The first kappa shape index (κ1) is 10.5. The molecule has 1 atom stereocenters. The lowest BCUT2D eigenvalue weighted by Crippen LogP contribution is -2.08. The van der Waals surface area contributed by atoms with Crippen LogP contribution in [-0.2, 0) is 0 Å². The molecule has 1 rings (SSSR count). The highest BCUT2D eigenvalue weighted by atomic mass is 16.6. The topological polar surface area (TPSA) is 89.4 Å². The van der Waals surface area contributed by atoms with E-state index in [9.17, 15) is 15.2 Å². The molecule has 0 aliphatic carbocycles. The molecule has 0 saturated carbocycles. The predicted octanol–water partition coefficient (Wildman–Crippen LogP) is 1.36. The van der Waals surface area contributed by atoms with E-state index in [0.29, 0.717) is 6.54 Å². The lowest BCUT2D eigenvalue weighted by Gasteiger charge is -2.08. The highest BCUT2D eigenvalue weighted by Crippen LogP contribution is 2.28. The Morgan fingerprint density at radius 1 is 1.64 bits per heavy atom. The minimum atomic E-state index is -0.609. The SMILES string of the molecule is CC(CN)c1ccc(O)c([N+](=O)[O-])c1. The van der Waals surface area contributed by atoms with Gasteiger partial charge in [-0.3, -0.25) is 10.1 Å². The first-order valence-electron chi connectivity index (χ1n) is 4.23.